The fourth-order valence-electron chi connectivity index (χ4n) is 2.43. The molecule has 1 heterocycles. The molecule has 0 aliphatic carbocycles. The summed E-state index contributed by atoms with van der Waals surface area (Å²) in [5.41, 5.74) is 5.66. The molecular weight excluding hydrogens is 297 g/mol. The molecule has 0 saturated carbocycles. The molecule has 1 aliphatic rings. The maximum Gasteiger partial charge on any atom is 0.245 e. The van der Waals surface area contributed by atoms with E-state index < -0.39 is 15.8 Å². The van der Waals surface area contributed by atoms with Gasteiger partial charge in [-0.1, -0.05) is 0 Å². The first-order chi connectivity index (χ1) is 9.86. The number of hydrogen-bond donors (Lipinski definition) is 2. The van der Waals surface area contributed by atoms with E-state index in [9.17, 15) is 17.6 Å². The van der Waals surface area contributed by atoms with E-state index in [0.29, 0.717) is 12.8 Å². The number of benzene rings is 1. The van der Waals surface area contributed by atoms with E-state index in [1.54, 1.807) is 7.05 Å². The second-order valence-corrected chi connectivity index (χ2v) is 6.88. The first-order valence-electron chi connectivity index (χ1n) is 6.63. The van der Waals surface area contributed by atoms with Gasteiger partial charge in [-0.05, 0) is 31.0 Å². The Morgan fingerprint density at radius 3 is 2.57 bits per heavy atom. The number of piperidine rings is 1. The quantitative estimate of drug-likeness (QED) is 0.797. The molecule has 116 valence electrons. The fraction of sp³-hybridized carbons (Fsp3) is 0.462. The third-order valence-corrected chi connectivity index (χ3v) is 5.62. The fourth-order valence-corrected chi connectivity index (χ4v) is 4.03. The number of nitrogens with two attached hydrogens (primary N) is 1. The molecule has 1 fully saturated rings. The topological polar surface area (TPSA) is 92.5 Å². The lowest BCUT2D eigenvalue weighted by molar-refractivity contribution is -0.125. The lowest BCUT2D eigenvalue weighted by atomic mass is 9.97. The maximum absolute atomic E-state index is 13.3. The Bertz CT molecular complexity index is 640. The minimum Gasteiger partial charge on any atom is -0.398 e. The largest absolute Gasteiger partial charge is 0.398 e. The third kappa shape index (κ3) is 3.16. The molecule has 6 nitrogen and oxygen atoms in total. The van der Waals surface area contributed by atoms with Gasteiger partial charge < -0.3 is 11.1 Å². The summed E-state index contributed by atoms with van der Waals surface area (Å²) >= 11 is 0. The van der Waals surface area contributed by atoms with Gasteiger partial charge in [0.05, 0.1) is 5.69 Å². The van der Waals surface area contributed by atoms with E-state index in [2.05, 4.69) is 5.32 Å². The van der Waals surface area contributed by atoms with Crippen LogP contribution in [-0.4, -0.2) is 38.8 Å². The van der Waals surface area contributed by atoms with Crippen molar-refractivity contribution in [3.05, 3.63) is 24.0 Å². The van der Waals surface area contributed by atoms with E-state index in [0.717, 1.165) is 12.1 Å². The Kier molecular flexibility index (Phi) is 4.48. The smallest absolute Gasteiger partial charge is 0.245 e. The van der Waals surface area contributed by atoms with Crippen LogP contribution in [0.1, 0.15) is 12.8 Å². The predicted molar refractivity (Wildman–Crippen MR) is 76.4 cm³/mol. The predicted octanol–water partition coefficient (Wildman–Crippen LogP) is 0.555. The number of nitrogen functional groups attached to an aromatic ring is 1. The van der Waals surface area contributed by atoms with Crippen LogP contribution in [0.5, 0.6) is 0 Å². The van der Waals surface area contributed by atoms with Gasteiger partial charge in [-0.3, -0.25) is 4.79 Å². The van der Waals surface area contributed by atoms with Crippen LogP contribution in [0.15, 0.2) is 23.1 Å². The number of hydrogen-bond acceptors (Lipinski definition) is 4. The summed E-state index contributed by atoms with van der Waals surface area (Å²) < 4.78 is 39.5. The maximum atomic E-state index is 13.3. The Morgan fingerprint density at radius 2 is 2.00 bits per heavy atom. The molecule has 2 rings (SSSR count). The zero-order chi connectivity index (χ0) is 15.6. The monoisotopic (exact) mass is 315 g/mol. The number of carbonyl (C=O) groups excluding carboxylic acids is 1. The van der Waals surface area contributed by atoms with Crippen molar-refractivity contribution in [2.24, 2.45) is 5.92 Å². The molecule has 1 saturated heterocycles. The number of halogens is 1. The molecule has 21 heavy (non-hydrogen) atoms. The van der Waals surface area contributed by atoms with Crippen LogP contribution in [-0.2, 0) is 14.8 Å². The van der Waals surface area contributed by atoms with Crippen molar-refractivity contribution >= 4 is 21.6 Å². The average molecular weight is 315 g/mol. The van der Waals surface area contributed by atoms with E-state index >= 15 is 0 Å². The average Bonchev–Trinajstić information content (AvgIpc) is 2.49. The van der Waals surface area contributed by atoms with Crippen LogP contribution >= 0.6 is 0 Å². The van der Waals surface area contributed by atoms with Gasteiger partial charge in [0.1, 0.15) is 10.7 Å². The highest BCUT2D eigenvalue weighted by Crippen LogP contribution is 2.27. The van der Waals surface area contributed by atoms with Gasteiger partial charge in [0.25, 0.3) is 0 Å². The van der Waals surface area contributed by atoms with Crippen molar-refractivity contribution in [1.82, 2.24) is 9.62 Å². The van der Waals surface area contributed by atoms with E-state index in [-0.39, 0.29) is 35.5 Å². The molecule has 8 heteroatoms. The number of carbonyl (C=O) groups is 1. The lowest BCUT2D eigenvalue weighted by Gasteiger charge is -2.30. The highest BCUT2D eigenvalue weighted by molar-refractivity contribution is 7.89. The molecule has 0 aromatic heterocycles. The van der Waals surface area contributed by atoms with Crippen LogP contribution in [0.2, 0.25) is 0 Å². The standard InChI is InChI=1S/C13H18FN3O3S/c1-16-13(18)9-4-6-17(7-5-9)21(19,20)12-8-10(14)2-3-11(12)15/h2-3,8-9H,4-7,15H2,1H3,(H,16,18). The first kappa shape index (κ1) is 15.7. The summed E-state index contributed by atoms with van der Waals surface area (Å²) in [6.07, 6.45) is 0.877. The normalized spacial score (nSPS) is 17.6. The number of nitrogens with one attached hydrogen (secondary N) is 1. The molecule has 0 atom stereocenters. The number of anilines is 1. The van der Waals surface area contributed by atoms with Crippen molar-refractivity contribution in [3.63, 3.8) is 0 Å². The van der Waals surface area contributed by atoms with E-state index in [4.69, 9.17) is 5.73 Å². The summed E-state index contributed by atoms with van der Waals surface area (Å²) in [6, 6.07) is 3.28. The van der Waals surface area contributed by atoms with Crippen molar-refractivity contribution in [1.29, 1.82) is 0 Å². The van der Waals surface area contributed by atoms with Crippen LogP contribution in [0.4, 0.5) is 10.1 Å². The van der Waals surface area contributed by atoms with Gasteiger partial charge in [0.2, 0.25) is 15.9 Å². The van der Waals surface area contributed by atoms with Crippen molar-refractivity contribution in [3.8, 4) is 0 Å². The molecule has 1 aromatic rings. The summed E-state index contributed by atoms with van der Waals surface area (Å²) in [4.78, 5) is 11.3. The van der Waals surface area contributed by atoms with Gasteiger partial charge in [0.15, 0.2) is 0 Å². The zero-order valence-electron chi connectivity index (χ0n) is 11.7. The first-order valence-corrected chi connectivity index (χ1v) is 8.07. The van der Waals surface area contributed by atoms with Gasteiger partial charge in [-0.2, -0.15) is 4.31 Å². The van der Waals surface area contributed by atoms with E-state index in [1.165, 1.54) is 10.4 Å². The molecule has 3 N–H and O–H groups in total. The van der Waals surface area contributed by atoms with Crippen molar-refractivity contribution in [2.75, 3.05) is 25.9 Å². The number of sulfonamides is 1. The zero-order valence-corrected chi connectivity index (χ0v) is 12.5. The minimum atomic E-state index is -3.83. The van der Waals surface area contributed by atoms with Gasteiger partial charge >= 0.3 is 0 Å². The molecule has 0 bridgehead atoms. The Labute approximate surface area is 123 Å². The van der Waals surface area contributed by atoms with Crippen LogP contribution in [0.3, 0.4) is 0 Å². The highest BCUT2D eigenvalue weighted by atomic mass is 32.2. The second-order valence-electron chi connectivity index (χ2n) is 4.97. The van der Waals surface area contributed by atoms with E-state index in [1.807, 2.05) is 0 Å². The number of nitrogens with zero attached hydrogens (tertiary/aromatic N) is 1. The summed E-state index contributed by atoms with van der Waals surface area (Å²) in [5.74, 6) is -0.924. The number of rotatable bonds is 3. The molecule has 1 amide bonds. The van der Waals surface area contributed by atoms with Gasteiger partial charge in [0, 0.05) is 26.1 Å². The lowest BCUT2D eigenvalue weighted by Crippen LogP contribution is -2.42. The Hall–Kier alpha value is -1.67. The van der Waals surface area contributed by atoms with Crippen molar-refractivity contribution < 1.29 is 17.6 Å². The highest BCUT2D eigenvalue weighted by Gasteiger charge is 2.32. The molecule has 0 spiro atoms. The third-order valence-electron chi connectivity index (χ3n) is 3.66. The SMILES string of the molecule is CNC(=O)C1CCN(S(=O)(=O)c2cc(F)ccc2N)CC1. The molecule has 0 radical (unpaired) electrons. The molecule has 1 aliphatic heterocycles. The molecule has 0 unspecified atom stereocenters. The van der Waals surface area contributed by atoms with Gasteiger partial charge in [-0.15, -0.1) is 0 Å². The van der Waals surface area contributed by atoms with Crippen LogP contribution < -0.4 is 11.1 Å². The number of amides is 1. The summed E-state index contributed by atoms with van der Waals surface area (Å²) in [7, 11) is -2.28. The minimum absolute atomic E-state index is 0.0184. The Morgan fingerprint density at radius 1 is 1.38 bits per heavy atom. The van der Waals surface area contributed by atoms with Gasteiger partial charge in [-0.25, -0.2) is 12.8 Å². The Balaban J connectivity index is 2.19. The van der Waals surface area contributed by atoms with Crippen LogP contribution in [0.25, 0.3) is 0 Å². The molecule has 1 aromatic carbocycles. The van der Waals surface area contributed by atoms with Crippen LogP contribution in [0, 0.1) is 11.7 Å². The van der Waals surface area contributed by atoms with Crippen molar-refractivity contribution in [2.45, 2.75) is 17.7 Å². The summed E-state index contributed by atoms with van der Waals surface area (Å²) in [5, 5.41) is 2.56. The second kappa shape index (κ2) is 5.98. The molecular formula is C13H18FN3O3S. The summed E-state index contributed by atoms with van der Waals surface area (Å²) in [6.45, 7) is 0.437.